The van der Waals surface area contributed by atoms with E-state index in [0.717, 1.165) is 122 Å². The fraction of sp³-hybridized carbons (Fsp3) is 0.732. The molecule has 1 unspecified atom stereocenters. The van der Waals surface area contributed by atoms with E-state index >= 15 is 0 Å². The number of hydrogen-bond donors (Lipinski definition) is 0. The average Bonchev–Trinajstić information content (AvgIpc) is 3.43. The van der Waals surface area contributed by atoms with Crippen LogP contribution >= 0.6 is 0 Å². The minimum Gasteiger partial charge on any atom is -0.462 e. The van der Waals surface area contributed by atoms with E-state index in [9.17, 15) is 14.4 Å². The lowest BCUT2D eigenvalue weighted by atomic mass is 10.0. The first kappa shape index (κ1) is 73.3. The fourth-order valence-electron chi connectivity index (χ4n) is 9.25. The summed E-state index contributed by atoms with van der Waals surface area (Å²) in [5.74, 6) is -0.899. The van der Waals surface area contributed by atoms with Gasteiger partial charge in [0.15, 0.2) is 6.10 Å². The summed E-state index contributed by atoms with van der Waals surface area (Å²) < 4.78 is 16.9. The molecule has 6 nitrogen and oxygen atoms in total. The number of ether oxygens (including phenoxy) is 3. The highest BCUT2D eigenvalue weighted by atomic mass is 16.6. The van der Waals surface area contributed by atoms with E-state index in [2.05, 4.69) is 118 Å². The van der Waals surface area contributed by atoms with Crippen molar-refractivity contribution in [1.29, 1.82) is 0 Å². The summed E-state index contributed by atoms with van der Waals surface area (Å²) >= 11 is 0. The van der Waals surface area contributed by atoms with E-state index in [4.69, 9.17) is 14.2 Å². The van der Waals surface area contributed by atoms with Gasteiger partial charge in [0.05, 0.1) is 0 Å². The van der Waals surface area contributed by atoms with Crippen LogP contribution in [0.3, 0.4) is 0 Å². The smallest absolute Gasteiger partial charge is 0.306 e. The van der Waals surface area contributed by atoms with E-state index in [1.807, 2.05) is 0 Å². The molecule has 0 aromatic heterocycles. The van der Waals surface area contributed by atoms with E-state index in [1.165, 1.54) is 154 Å². The van der Waals surface area contributed by atoms with Gasteiger partial charge >= 0.3 is 17.9 Å². The first-order chi connectivity index (χ1) is 38.0. The van der Waals surface area contributed by atoms with Crippen LogP contribution in [0.15, 0.2) is 97.2 Å². The Hall–Kier alpha value is -3.67. The lowest BCUT2D eigenvalue weighted by molar-refractivity contribution is -0.167. The van der Waals surface area contributed by atoms with Crippen LogP contribution in [0.25, 0.3) is 0 Å². The second-order valence-corrected chi connectivity index (χ2v) is 21.6. The van der Waals surface area contributed by atoms with E-state index in [-0.39, 0.29) is 31.1 Å². The zero-order valence-electron chi connectivity index (χ0n) is 50.7. The molecule has 0 heterocycles. The molecule has 0 aromatic rings. The Labute approximate surface area is 477 Å². The molecule has 0 aliphatic heterocycles. The van der Waals surface area contributed by atoms with Gasteiger partial charge in [0.2, 0.25) is 0 Å². The van der Waals surface area contributed by atoms with Gasteiger partial charge in [0.1, 0.15) is 13.2 Å². The third kappa shape index (κ3) is 63.0. The van der Waals surface area contributed by atoms with Crippen LogP contribution in [0.1, 0.15) is 316 Å². The standard InChI is InChI=1S/C71H122O6/c1-4-7-10-13-16-19-22-25-28-31-33-34-35-36-38-40-43-46-49-52-55-58-61-64-70(73)76-67-68(66-75-69(72)63-60-57-54-51-48-45-42-39-30-27-24-21-18-15-12-9-6-3)77-71(74)65-62-59-56-53-50-47-44-41-37-32-29-26-23-20-17-14-11-8-5-2/h7,9-10,12,16,18-19,21,25,27-28,30,33-34,42,45,68H,4-6,8,11,13-15,17,20,22-24,26,29,31-32,35-41,43-44,46-67H2,1-3H3/b10-7-,12-9-,19-16-,21-18-,28-25-,30-27-,34-33-,45-42-. The van der Waals surface area contributed by atoms with Crippen molar-refractivity contribution in [3.05, 3.63) is 97.2 Å². The van der Waals surface area contributed by atoms with Crippen LogP contribution in [0.5, 0.6) is 0 Å². The molecular formula is C71H122O6. The van der Waals surface area contributed by atoms with Gasteiger partial charge in [0.25, 0.3) is 0 Å². The molecule has 0 rings (SSSR count). The molecule has 77 heavy (non-hydrogen) atoms. The molecular weight excluding hydrogens is 949 g/mol. The molecule has 0 aliphatic rings. The summed E-state index contributed by atoms with van der Waals surface area (Å²) in [4.78, 5) is 38.4. The van der Waals surface area contributed by atoms with Crippen LogP contribution in [-0.2, 0) is 28.6 Å². The lowest BCUT2D eigenvalue weighted by Crippen LogP contribution is -2.30. The van der Waals surface area contributed by atoms with Gasteiger partial charge in [0, 0.05) is 19.3 Å². The summed E-state index contributed by atoms with van der Waals surface area (Å²) in [6, 6.07) is 0. The SMILES string of the molecule is CC/C=C\C/C=C\C/C=C\C/C=C\CCCCCCCCCCCCC(=O)OCC(COC(=O)CCCCCC/C=C\C/C=C\C/C=C\C/C=C\CC)OC(=O)CCCCCCCCCCCCCCCCCCCCC. The zero-order chi connectivity index (χ0) is 55.7. The molecule has 0 bridgehead atoms. The molecule has 0 saturated heterocycles. The minimum absolute atomic E-state index is 0.0855. The van der Waals surface area contributed by atoms with Gasteiger partial charge < -0.3 is 14.2 Å². The highest BCUT2D eigenvalue weighted by Gasteiger charge is 2.19. The summed E-state index contributed by atoms with van der Waals surface area (Å²) in [5, 5.41) is 0. The first-order valence-corrected chi connectivity index (χ1v) is 32.7. The predicted octanol–water partition coefficient (Wildman–Crippen LogP) is 22.4. The molecule has 0 saturated carbocycles. The Morgan fingerprint density at radius 1 is 0.273 bits per heavy atom. The third-order valence-electron chi connectivity index (χ3n) is 14.1. The van der Waals surface area contributed by atoms with Gasteiger partial charge in [-0.15, -0.1) is 0 Å². The number of esters is 3. The largest absolute Gasteiger partial charge is 0.462 e. The predicted molar refractivity (Wildman–Crippen MR) is 334 cm³/mol. The van der Waals surface area contributed by atoms with Crippen molar-refractivity contribution in [2.24, 2.45) is 0 Å². The average molecular weight is 1070 g/mol. The number of carbonyl (C=O) groups is 3. The molecule has 0 aromatic carbocycles. The Bertz CT molecular complexity index is 1510. The number of rotatable bonds is 59. The van der Waals surface area contributed by atoms with Crippen molar-refractivity contribution in [2.75, 3.05) is 13.2 Å². The van der Waals surface area contributed by atoms with Gasteiger partial charge in [-0.1, -0.05) is 298 Å². The second kappa shape index (κ2) is 64.9. The molecule has 0 N–H and O–H groups in total. The Morgan fingerprint density at radius 3 is 0.792 bits per heavy atom. The monoisotopic (exact) mass is 1070 g/mol. The van der Waals surface area contributed by atoms with Gasteiger partial charge in [-0.2, -0.15) is 0 Å². The molecule has 442 valence electrons. The third-order valence-corrected chi connectivity index (χ3v) is 14.1. The zero-order valence-corrected chi connectivity index (χ0v) is 50.7. The van der Waals surface area contributed by atoms with E-state index in [1.54, 1.807) is 0 Å². The minimum atomic E-state index is -0.790. The number of unbranched alkanes of at least 4 members (excludes halogenated alkanes) is 32. The Balaban J connectivity index is 4.39. The fourth-order valence-corrected chi connectivity index (χ4v) is 9.25. The topological polar surface area (TPSA) is 78.9 Å². The van der Waals surface area contributed by atoms with Crippen molar-refractivity contribution in [2.45, 2.75) is 322 Å². The number of hydrogen-bond acceptors (Lipinski definition) is 6. The highest BCUT2D eigenvalue weighted by molar-refractivity contribution is 5.71. The van der Waals surface area contributed by atoms with Crippen molar-refractivity contribution in [3.8, 4) is 0 Å². The highest BCUT2D eigenvalue weighted by Crippen LogP contribution is 2.17. The van der Waals surface area contributed by atoms with Crippen LogP contribution in [0, 0.1) is 0 Å². The van der Waals surface area contributed by atoms with Crippen LogP contribution in [0.4, 0.5) is 0 Å². The number of carbonyl (C=O) groups excluding carboxylic acids is 3. The second-order valence-electron chi connectivity index (χ2n) is 21.6. The van der Waals surface area contributed by atoms with E-state index in [0.29, 0.717) is 19.3 Å². The van der Waals surface area contributed by atoms with Gasteiger partial charge in [-0.05, 0) is 96.3 Å². The molecule has 1 atom stereocenters. The number of allylic oxidation sites excluding steroid dienone is 16. The van der Waals surface area contributed by atoms with Crippen molar-refractivity contribution >= 4 is 17.9 Å². The van der Waals surface area contributed by atoms with Crippen molar-refractivity contribution < 1.29 is 28.6 Å². The molecule has 0 spiro atoms. The molecule has 0 fully saturated rings. The molecule has 0 aliphatic carbocycles. The molecule has 0 radical (unpaired) electrons. The maximum absolute atomic E-state index is 12.9. The summed E-state index contributed by atoms with van der Waals surface area (Å²) in [7, 11) is 0. The lowest BCUT2D eigenvalue weighted by Gasteiger charge is -2.18. The summed E-state index contributed by atoms with van der Waals surface area (Å²) in [5.41, 5.74) is 0. The summed E-state index contributed by atoms with van der Waals surface area (Å²) in [6.45, 7) is 6.43. The Morgan fingerprint density at radius 2 is 0.506 bits per heavy atom. The van der Waals surface area contributed by atoms with Gasteiger partial charge in [-0.3, -0.25) is 14.4 Å². The van der Waals surface area contributed by atoms with Crippen LogP contribution in [0.2, 0.25) is 0 Å². The van der Waals surface area contributed by atoms with Gasteiger partial charge in [-0.25, -0.2) is 0 Å². The first-order valence-electron chi connectivity index (χ1n) is 32.7. The van der Waals surface area contributed by atoms with E-state index < -0.39 is 6.10 Å². The maximum Gasteiger partial charge on any atom is 0.306 e. The van der Waals surface area contributed by atoms with Crippen LogP contribution in [-0.4, -0.2) is 37.2 Å². The molecule has 0 amide bonds. The quantitative estimate of drug-likeness (QED) is 0.0261. The molecule has 6 heteroatoms. The van der Waals surface area contributed by atoms with Crippen LogP contribution < -0.4 is 0 Å². The maximum atomic E-state index is 12.9. The Kier molecular flexibility index (Phi) is 61.8. The van der Waals surface area contributed by atoms with Crippen molar-refractivity contribution in [3.63, 3.8) is 0 Å². The normalized spacial score (nSPS) is 12.7. The van der Waals surface area contributed by atoms with Crippen molar-refractivity contribution in [1.82, 2.24) is 0 Å². The summed E-state index contributed by atoms with van der Waals surface area (Å²) in [6.07, 6.45) is 87.0.